The molecule has 0 saturated heterocycles. The molecule has 0 aliphatic heterocycles. The number of nitrogens with zero attached hydrogens (tertiary/aromatic N) is 1. The van der Waals surface area contributed by atoms with Crippen LogP contribution >= 0.6 is 0 Å². The molecule has 0 aromatic carbocycles. The van der Waals surface area contributed by atoms with Gasteiger partial charge in [-0.25, -0.2) is 0 Å². The fourth-order valence-corrected chi connectivity index (χ4v) is 0.565. The molecule has 67 valence electrons. The first-order valence-corrected chi connectivity index (χ1v) is 3.75. The fourth-order valence-electron chi connectivity index (χ4n) is 0.565. The van der Waals surface area contributed by atoms with Crippen LogP contribution in [0, 0.1) is 0 Å². The van der Waals surface area contributed by atoms with E-state index in [1.807, 2.05) is 0 Å². The first kappa shape index (κ1) is 11.2. The van der Waals surface area contributed by atoms with Gasteiger partial charge in [-0.05, 0) is 18.1 Å². The third kappa shape index (κ3) is 5.94. The van der Waals surface area contributed by atoms with E-state index in [4.69, 9.17) is 15.5 Å². The number of rotatable bonds is 6. The van der Waals surface area contributed by atoms with Gasteiger partial charge in [-0.1, -0.05) is 0 Å². The van der Waals surface area contributed by atoms with Crippen molar-refractivity contribution in [1.29, 1.82) is 0 Å². The van der Waals surface area contributed by atoms with Crippen LogP contribution in [0.15, 0.2) is 16.7 Å². The quantitative estimate of drug-likeness (QED) is 0.320. The summed E-state index contributed by atoms with van der Waals surface area (Å²) in [6.45, 7) is 0.628. The summed E-state index contributed by atoms with van der Waals surface area (Å²) < 4.78 is 5.06. The van der Waals surface area contributed by atoms with Gasteiger partial charge in [0.05, 0.1) is 0 Å². The molecule has 0 rings (SSSR count). The van der Waals surface area contributed by atoms with Gasteiger partial charge in [-0.2, -0.15) is 0 Å². The lowest BCUT2D eigenvalue weighted by Crippen LogP contribution is -2.08. The van der Waals surface area contributed by atoms with Crippen molar-refractivity contribution in [1.82, 2.24) is 0 Å². The minimum absolute atomic E-state index is 0.136. The highest BCUT2D eigenvalue weighted by Gasteiger charge is 1.96. The van der Waals surface area contributed by atoms with Gasteiger partial charge in [0.1, 0.15) is 0 Å². The summed E-state index contributed by atoms with van der Waals surface area (Å²) in [5.41, 5.74) is 5.98. The normalized spacial score (nSPS) is 12.3. The molecule has 3 N–H and O–H groups in total. The number of hydrogen-bond donors (Lipinski definition) is 2. The highest BCUT2D eigenvalue weighted by molar-refractivity contribution is 6.45. The molecule has 0 bridgehead atoms. The van der Waals surface area contributed by atoms with E-state index in [0.717, 1.165) is 5.47 Å². The van der Waals surface area contributed by atoms with Gasteiger partial charge in [0.2, 0.25) is 0 Å². The summed E-state index contributed by atoms with van der Waals surface area (Å²) in [6.07, 6.45) is 3.63. The Morgan fingerprint density at radius 3 is 3.00 bits per heavy atom. The SMILES string of the molecule is CN=CC([B]OCCCO)=CN. The molecule has 0 aromatic rings. The summed E-state index contributed by atoms with van der Waals surface area (Å²) in [5, 5.41) is 8.43. The number of allylic oxidation sites excluding steroid dienone is 1. The van der Waals surface area contributed by atoms with Crippen molar-refractivity contribution in [2.75, 3.05) is 20.3 Å². The Bertz CT molecular complexity index is 159. The van der Waals surface area contributed by atoms with Crippen molar-refractivity contribution in [3.8, 4) is 0 Å². The topological polar surface area (TPSA) is 67.8 Å². The first-order chi connectivity index (χ1) is 5.85. The third-order valence-corrected chi connectivity index (χ3v) is 1.11. The van der Waals surface area contributed by atoms with E-state index in [1.165, 1.54) is 13.7 Å². The molecule has 0 aliphatic carbocycles. The van der Waals surface area contributed by atoms with E-state index < -0.39 is 0 Å². The molecule has 0 fully saturated rings. The second-order valence-electron chi connectivity index (χ2n) is 2.12. The van der Waals surface area contributed by atoms with Crippen LogP contribution in [0.1, 0.15) is 6.42 Å². The summed E-state index contributed by atoms with van der Waals surface area (Å²) >= 11 is 0. The zero-order valence-electron chi connectivity index (χ0n) is 7.23. The zero-order valence-corrected chi connectivity index (χ0v) is 7.23. The molecule has 5 heteroatoms. The summed E-state index contributed by atoms with van der Waals surface area (Å²) in [7, 11) is 3.17. The summed E-state index contributed by atoms with van der Waals surface area (Å²) in [6, 6.07) is 0. The van der Waals surface area contributed by atoms with Crippen molar-refractivity contribution >= 4 is 13.7 Å². The molecule has 1 radical (unpaired) electrons. The maximum atomic E-state index is 8.43. The van der Waals surface area contributed by atoms with Crippen molar-refractivity contribution < 1.29 is 9.76 Å². The number of nitrogens with two attached hydrogens (primary N) is 1. The van der Waals surface area contributed by atoms with Gasteiger partial charge in [0.15, 0.2) is 0 Å². The highest BCUT2D eigenvalue weighted by Crippen LogP contribution is 1.87. The molecule has 0 amide bonds. The second-order valence-corrected chi connectivity index (χ2v) is 2.12. The molecule has 4 nitrogen and oxygen atoms in total. The first-order valence-electron chi connectivity index (χ1n) is 3.75. The summed E-state index contributed by atoms with van der Waals surface area (Å²) in [4.78, 5) is 3.77. The number of hydrogen-bond acceptors (Lipinski definition) is 4. The van der Waals surface area contributed by atoms with Crippen LogP contribution in [0.5, 0.6) is 0 Å². The van der Waals surface area contributed by atoms with Gasteiger partial charge >= 0.3 is 7.48 Å². The third-order valence-electron chi connectivity index (χ3n) is 1.11. The Hall–Kier alpha value is -0.805. The monoisotopic (exact) mass is 169 g/mol. The predicted molar refractivity (Wildman–Crippen MR) is 50.1 cm³/mol. The maximum Gasteiger partial charge on any atom is 0.333 e. The van der Waals surface area contributed by atoms with Gasteiger partial charge < -0.3 is 15.5 Å². The van der Waals surface area contributed by atoms with E-state index in [-0.39, 0.29) is 6.61 Å². The Morgan fingerprint density at radius 2 is 2.50 bits per heavy atom. The molecule has 0 unspecified atom stereocenters. The number of aliphatic imine (C=N–C) groups is 1. The minimum Gasteiger partial charge on any atom is -0.434 e. The molecule has 0 atom stereocenters. The van der Waals surface area contributed by atoms with E-state index in [2.05, 4.69) is 4.99 Å². The standard InChI is InChI=1S/C7H14BN2O2/c1-10-6-7(5-9)8-12-4-2-3-11/h5-6,11H,2-4,9H2,1H3. The van der Waals surface area contributed by atoms with Crippen LogP contribution < -0.4 is 5.73 Å². The Morgan fingerprint density at radius 1 is 1.75 bits per heavy atom. The molecule has 0 spiro atoms. The zero-order chi connectivity index (χ0) is 9.23. The van der Waals surface area contributed by atoms with Crippen LogP contribution in [-0.2, 0) is 4.65 Å². The average Bonchev–Trinajstić information content (AvgIpc) is 2.10. The summed E-state index contributed by atoms with van der Waals surface area (Å²) in [5.74, 6) is 0. The molecule has 0 saturated carbocycles. The molecule has 12 heavy (non-hydrogen) atoms. The average molecular weight is 169 g/mol. The van der Waals surface area contributed by atoms with Gasteiger partial charge in [0, 0.05) is 26.5 Å². The fraction of sp³-hybridized carbons (Fsp3) is 0.571. The highest BCUT2D eigenvalue weighted by atomic mass is 16.4. The van der Waals surface area contributed by atoms with Crippen LogP contribution in [0.3, 0.4) is 0 Å². The van der Waals surface area contributed by atoms with Crippen molar-refractivity contribution in [2.24, 2.45) is 10.7 Å². The second kappa shape index (κ2) is 8.29. The Kier molecular flexibility index (Phi) is 7.74. The van der Waals surface area contributed by atoms with E-state index in [9.17, 15) is 0 Å². The predicted octanol–water partition coefficient (Wildman–Crippen LogP) is -0.495. The lowest BCUT2D eigenvalue weighted by Gasteiger charge is -2.00. The van der Waals surface area contributed by atoms with Crippen LogP contribution in [-0.4, -0.2) is 39.1 Å². The van der Waals surface area contributed by atoms with Crippen LogP contribution in [0.25, 0.3) is 0 Å². The lowest BCUT2D eigenvalue weighted by molar-refractivity contribution is 0.240. The molecule has 0 aromatic heterocycles. The number of aliphatic hydroxyl groups excluding tert-OH is 1. The van der Waals surface area contributed by atoms with Crippen molar-refractivity contribution in [3.05, 3.63) is 11.7 Å². The van der Waals surface area contributed by atoms with Gasteiger partial charge in [0.25, 0.3) is 0 Å². The minimum atomic E-state index is 0.136. The van der Waals surface area contributed by atoms with Crippen LogP contribution in [0.2, 0.25) is 0 Å². The number of aliphatic hydroxyl groups is 1. The van der Waals surface area contributed by atoms with Gasteiger partial charge in [-0.3, -0.25) is 4.99 Å². The molecular weight excluding hydrogens is 155 g/mol. The Balaban J connectivity index is 3.46. The van der Waals surface area contributed by atoms with Crippen LogP contribution in [0.4, 0.5) is 0 Å². The van der Waals surface area contributed by atoms with Crippen molar-refractivity contribution in [3.63, 3.8) is 0 Å². The lowest BCUT2D eigenvalue weighted by atomic mass is 9.89. The molecule has 0 heterocycles. The van der Waals surface area contributed by atoms with E-state index in [1.54, 1.807) is 13.3 Å². The van der Waals surface area contributed by atoms with E-state index in [0.29, 0.717) is 13.0 Å². The van der Waals surface area contributed by atoms with E-state index >= 15 is 0 Å². The largest absolute Gasteiger partial charge is 0.434 e. The smallest absolute Gasteiger partial charge is 0.333 e. The Labute approximate surface area is 73.4 Å². The maximum absolute atomic E-state index is 8.43. The van der Waals surface area contributed by atoms with Crippen molar-refractivity contribution in [2.45, 2.75) is 6.42 Å². The molecule has 0 aliphatic rings. The molecular formula is C7H14BN2O2. The van der Waals surface area contributed by atoms with Gasteiger partial charge in [-0.15, -0.1) is 0 Å².